The van der Waals surface area contributed by atoms with E-state index in [1.165, 1.54) is 9.75 Å². The Labute approximate surface area is 245 Å². The highest BCUT2D eigenvalue weighted by molar-refractivity contribution is 7.99. The second-order valence-electron chi connectivity index (χ2n) is 9.59. The summed E-state index contributed by atoms with van der Waals surface area (Å²) in [5.41, 5.74) is 3.67. The number of nitrogens with one attached hydrogen (secondary N) is 1. The molecule has 3 aromatic rings. The summed E-state index contributed by atoms with van der Waals surface area (Å²) in [6.45, 7) is 6.57. The minimum atomic E-state index is -3.38. The van der Waals surface area contributed by atoms with Crippen LogP contribution < -0.4 is 5.32 Å². The van der Waals surface area contributed by atoms with Gasteiger partial charge in [-0.2, -0.15) is 11.8 Å². The monoisotopic (exact) mass is 603 g/mol. The first-order valence-electron chi connectivity index (χ1n) is 13.2. The quantitative estimate of drug-likeness (QED) is 0.222. The largest absolute Gasteiger partial charge is 0.480 e. The molecule has 1 aromatic heterocycles. The normalized spacial score (nSPS) is 13.1. The number of benzene rings is 2. The highest BCUT2D eigenvalue weighted by Crippen LogP contribution is 2.32. The van der Waals surface area contributed by atoms with Gasteiger partial charge < -0.3 is 15.2 Å². The van der Waals surface area contributed by atoms with E-state index in [1.54, 1.807) is 17.4 Å². The molecule has 1 amide bonds. The molecule has 10 heteroatoms. The van der Waals surface area contributed by atoms with Crippen LogP contribution in [0.1, 0.15) is 57.6 Å². The summed E-state index contributed by atoms with van der Waals surface area (Å²) in [5, 5.41) is 12.1. The third-order valence-corrected chi connectivity index (χ3v) is 9.66. The molecule has 0 aliphatic heterocycles. The smallest absolute Gasteiger partial charge is 0.326 e. The van der Waals surface area contributed by atoms with Gasteiger partial charge >= 0.3 is 5.97 Å². The van der Waals surface area contributed by atoms with Crippen molar-refractivity contribution in [2.24, 2.45) is 0 Å². The molecule has 0 bridgehead atoms. The second kappa shape index (κ2) is 14.8. The molecule has 2 aromatic carbocycles. The number of amides is 1. The molecular formula is C30H37NO6S3. The van der Waals surface area contributed by atoms with Gasteiger partial charge in [-0.25, -0.2) is 13.2 Å². The van der Waals surface area contributed by atoms with E-state index in [0.717, 1.165) is 40.9 Å². The van der Waals surface area contributed by atoms with Crippen LogP contribution in [-0.2, 0) is 32.4 Å². The van der Waals surface area contributed by atoms with Gasteiger partial charge in [0, 0.05) is 27.3 Å². The predicted molar refractivity (Wildman–Crippen MR) is 164 cm³/mol. The fourth-order valence-corrected chi connectivity index (χ4v) is 6.69. The van der Waals surface area contributed by atoms with Crippen LogP contribution in [0.2, 0.25) is 0 Å². The van der Waals surface area contributed by atoms with Crippen molar-refractivity contribution >= 4 is 44.8 Å². The standard InChI is InChI=1S/C30H37NO6S3/c1-5-22-12-14-28(39-22)27(19-38-6-2)37-18-21-11-13-24(25(17-21)23-10-8-7-9-20(23)3)29(32)31-26(30(33)34)15-16-40(4,35)36/h7-14,17,26-27H,5-6,15-16,18-19H2,1-4H3,(H,31,32)(H,33,34). The van der Waals surface area contributed by atoms with E-state index < -0.39 is 27.8 Å². The van der Waals surface area contributed by atoms with Crippen LogP contribution in [0.4, 0.5) is 0 Å². The fraction of sp³-hybridized carbons (Fsp3) is 0.400. The lowest BCUT2D eigenvalue weighted by Gasteiger charge is -2.19. The highest BCUT2D eigenvalue weighted by atomic mass is 32.2. The number of rotatable bonds is 15. The first-order chi connectivity index (χ1) is 19.0. The van der Waals surface area contributed by atoms with Crippen LogP contribution in [0.3, 0.4) is 0 Å². The molecule has 2 unspecified atom stereocenters. The molecule has 7 nitrogen and oxygen atoms in total. The molecule has 2 N–H and O–H groups in total. The highest BCUT2D eigenvalue weighted by Gasteiger charge is 2.24. The van der Waals surface area contributed by atoms with Gasteiger partial charge in [0.1, 0.15) is 22.0 Å². The SMILES string of the molecule is CCSCC(OCc1ccc(C(=O)NC(CCS(C)(=O)=O)C(=O)O)c(-c2ccccc2C)c1)c1ccc(CC)s1. The van der Waals surface area contributed by atoms with Crippen molar-refractivity contribution in [3.63, 3.8) is 0 Å². The zero-order valence-corrected chi connectivity index (χ0v) is 25.8. The zero-order valence-electron chi connectivity index (χ0n) is 23.3. The number of carbonyl (C=O) groups excluding carboxylic acids is 1. The minimum absolute atomic E-state index is 0.0497. The third kappa shape index (κ3) is 9.19. The average Bonchev–Trinajstić information content (AvgIpc) is 3.39. The fourth-order valence-electron chi connectivity index (χ4n) is 4.19. The number of thioether (sulfide) groups is 1. The van der Waals surface area contributed by atoms with Gasteiger partial charge in [0.2, 0.25) is 0 Å². The van der Waals surface area contributed by atoms with Crippen LogP contribution in [0, 0.1) is 6.92 Å². The summed E-state index contributed by atoms with van der Waals surface area (Å²) in [4.78, 5) is 27.6. The summed E-state index contributed by atoms with van der Waals surface area (Å²) in [5.74, 6) is -0.360. The van der Waals surface area contributed by atoms with Crippen LogP contribution in [0.25, 0.3) is 11.1 Å². The Kier molecular flexibility index (Phi) is 11.8. The van der Waals surface area contributed by atoms with Gasteiger partial charge in [-0.15, -0.1) is 11.3 Å². The lowest BCUT2D eigenvalue weighted by atomic mass is 9.93. The number of carboxylic acid groups (broad SMARTS) is 1. The molecule has 0 radical (unpaired) electrons. The molecule has 1 heterocycles. The van der Waals surface area contributed by atoms with E-state index in [-0.39, 0.29) is 18.3 Å². The molecule has 2 atom stereocenters. The number of carbonyl (C=O) groups is 2. The second-order valence-corrected chi connectivity index (χ2v) is 14.4. The Morgan fingerprint density at radius 1 is 1.07 bits per heavy atom. The molecule has 40 heavy (non-hydrogen) atoms. The van der Waals surface area contributed by atoms with E-state index in [0.29, 0.717) is 17.7 Å². The van der Waals surface area contributed by atoms with E-state index in [9.17, 15) is 23.1 Å². The van der Waals surface area contributed by atoms with Crippen molar-refractivity contribution in [3.05, 3.63) is 81.0 Å². The lowest BCUT2D eigenvalue weighted by Crippen LogP contribution is -2.42. The number of ether oxygens (including phenoxy) is 1. The van der Waals surface area contributed by atoms with Gasteiger partial charge in [0.05, 0.1) is 12.4 Å². The molecule has 0 fully saturated rings. The number of thiophene rings is 1. The number of hydrogen-bond donors (Lipinski definition) is 2. The molecule has 0 aliphatic carbocycles. The van der Waals surface area contributed by atoms with Gasteiger partial charge in [-0.1, -0.05) is 44.2 Å². The zero-order chi connectivity index (χ0) is 29.3. The first-order valence-corrected chi connectivity index (χ1v) is 17.2. The van der Waals surface area contributed by atoms with Crippen molar-refractivity contribution < 1.29 is 27.9 Å². The van der Waals surface area contributed by atoms with Gasteiger partial charge in [-0.05, 0) is 72.0 Å². The summed E-state index contributed by atoms with van der Waals surface area (Å²) in [6.07, 6.45) is 1.76. The Hall–Kier alpha value is -2.66. The lowest BCUT2D eigenvalue weighted by molar-refractivity contribution is -0.139. The number of aliphatic carboxylic acids is 1. The number of carboxylic acids is 1. The van der Waals surface area contributed by atoms with E-state index >= 15 is 0 Å². The Morgan fingerprint density at radius 2 is 1.82 bits per heavy atom. The van der Waals surface area contributed by atoms with Gasteiger partial charge in [0.25, 0.3) is 5.91 Å². The Bertz CT molecular complexity index is 1420. The van der Waals surface area contributed by atoms with Crippen molar-refractivity contribution in [1.29, 1.82) is 0 Å². The van der Waals surface area contributed by atoms with Crippen molar-refractivity contribution in [2.75, 3.05) is 23.5 Å². The molecule has 216 valence electrons. The molecule has 0 spiro atoms. The maximum absolute atomic E-state index is 13.3. The van der Waals surface area contributed by atoms with Crippen LogP contribution in [-0.4, -0.2) is 55.0 Å². The first kappa shape index (κ1) is 31.9. The summed E-state index contributed by atoms with van der Waals surface area (Å²) in [6, 6.07) is 16.1. The van der Waals surface area contributed by atoms with Crippen molar-refractivity contribution in [2.45, 2.75) is 52.4 Å². The Balaban J connectivity index is 1.90. The van der Waals surface area contributed by atoms with Crippen molar-refractivity contribution in [3.8, 4) is 11.1 Å². The maximum atomic E-state index is 13.3. The number of aryl methyl sites for hydroxylation is 2. The Morgan fingerprint density at radius 3 is 2.45 bits per heavy atom. The van der Waals surface area contributed by atoms with Gasteiger partial charge in [0.15, 0.2) is 0 Å². The predicted octanol–water partition coefficient (Wildman–Crippen LogP) is 5.91. The van der Waals surface area contributed by atoms with Crippen LogP contribution in [0.5, 0.6) is 0 Å². The van der Waals surface area contributed by atoms with E-state index in [2.05, 4.69) is 31.3 Å². The maximum Gasteiger partial charge on any atom is 0.326 e. The molecular weight excluding hydrogens is 567 g/mol. The van der Waals surface area contributed by atoms with Crippen molar-refractivity contribution in [1.82, 2.24) is 5.32 Å². The molecule has 0 aliphatic rings. The minimum Gasteiger partial charge on any atom is -0.480 e. The summed E-state index contributed by atoms with van der Waals surface area (Å²) < 4.78 is 29.6. The molecule has 3 rings (SSSR count). The van der Waals surface area contributed by atoms with E-state index in [4.69, 9.17) is 4.74 Å². The molecule has 0 saturated heterocycles. The number of hydrogen-bond acceptors (Lipinski definition) is 7. The molecule has 0 saturated carbocycles. The summed E-state index contributed by atoms with van der Waals surface area (Å²) >= 11 is 3.60. The number of sulfone groups is 1. The topological polar surface area (TPSA) is 110 Å². The summed E-state index contributed by atoms with van der Waals surface area (Å²) in [7, 11) is -3.38. The van der Waals surface area contributed by atoms with Crippen LogP contribution in [0.15, 0.2) is 54.6 Å². The van der Waals surface area contributed by atoms with E-state index in [1.807, 2.05) is 55.1 Å². The van der Waals surface area contributed by atoms with Crippen LogP contribution >= 0.6 is 23.1 Å². The third-order valence-electron chi connectivity index (χ3n) is 6.42. The average molecular weight is 604 g/mol. The van der Waals surface area contributed by atoms with Gasteiger partial charge in [-0.3, -0.25) is 4.79 Å².